The average Bonchev–Trinajstić information content (AvgIpc) is 2.42. The van der Waals surface area contributed by atoms with Gasteiger partial charge in [0.2, 0.25) is 0 Å². The fourth-order valence-corrected chi connectivity index (χ4v) is 3.04. The molecule has 0 saturated carbocycles. The normalized spacial score (nSPS) is 24.6. The van der Waals surface area contributed by atoms with Gasteiger partial charge in [-0.15, -0.1) is 0 Å². The third-order valence-corrected chi connectivity index (χ3v) is 4.09. The molecule has 1 heterocycles. The monoisotopic (exact) mass is 330 g/mol. The summed E-state index contributed by atoms with van der Waals surface area (Å²) in [6.45, 7) is 5.23. The summed E-state index contributed by atoms with van der Waals surface area (Å²) >= 11 is 3.25. The molecule has 1 aliphatic heterocycles. The summed E-state index contributed by atoms with van der Waals surface area (Å²) in [5.74, 6) is -0.244. The van der Waals surface area contributed by atoms with Gasteiger partial charge in [0.15, 0.2) is 0 Å². The first kappa shape index (κ1) is 14.9. The molecule has 0 aliphatic carbocycles. The van der Waals surface area contributed by atoms with Crippen molar-refractivity contribution in [3.63, 3.8) is 0 Å². The summed E-state index contributed by atoms with van der Waals surface area (Å²) < 4.78 is 19.6. The SMILES string of the molecule is CCCN1CCOC(CN)C1c1ccc(F)c(Br)c1. The van der Waals surface area contributed by atoms with Crippen molar-refractivity contribution < 1.29 is 9.13 Å². The Hall–Kier alpha value is -0.490. The lowest BCUT2D eigenvalue weighted by Crippen LogP contribution is -2.48. The first-order valence-corrected chi connectivity index (χ1v) is 7.47. The van der Waals surface area contributed by atoms with Crippen LogP contribution in [0.1, 0.15) is 24.9 Å². The van der Waals surface area contributed by atoms with Crippen LogP contribution in [-0.4, -0.2) is 37.2 Å². The predicted molar refractivity (Wildman–Crippen MR) is 77.5 cm³/mol. The lowest BCUT2D eigenvalue weighted by Gasteiger charge is -2.41. The Balaban J connectivity index is 2.30. The van der Waals surface area contributed by atoms with Crippen LogP contribution in [0.2, 0.25) is 0 Å². The van der Waals surface area contributed by atoms with Crippen LogP contribution in [0.25, 0.3) is 0 Å². The number of nitrogens with zero attached hydrogens (tertiary/aromatic N) is 1. The molecule has 0 aromatic heterocycles. The largest absolute Gasteiger partial charge is 0.374 e. The predicted octanol–water partition coefficient (Wildman–Crippen LogP) is 2.70. The fraction of sp³-hybridized carbons (Fsp3) is 0.571. The van der Waals surface area contributed by atoms with Crippen LogP contribution in [0, 0.1) is 5.82 Å². The highest BCUT2D eigenvalue weighted by molar-refractivity contribution is 9.10. The van der Waals surface area contributed by atoms with Crippen molar-refractivity contribution in [2.45, 2.75) is 25.5 Å². The molecule has 2 atom stereocenters. The zero-order valence-corrected chi connectivity index (χ0v) is 12.7. The Labute approximate surface area is 122 Å². The first-order valence-electron chi connectivity index (χ1n) is 6.68. The minimum absolute atomic E-state index is 0.0299. The van der Waals surface area contributed by atoms with Gasteiger partial charge in [0.1, 0.15) is 5.82 Å². The molecule has 0 amide bonds. The van der Waals surface area contributed by atoms with Gasteiger partial charge < -0.3 is 10.5 Å². The maximum absolute atomic E-state index is 13.4. The minimum Gasteiger partial charge on any atom is -0.374 e. The van der Waals surface area contributed by atoms with E-state index in [1.54, 1.807) is 0 Å². The number of hydrogen-bond acceptors (Lipinski definition) is 3. The van der Waals surface area contributed by atoms with Crippen molar-refractivity contribution in [3.8, 4) is 0 Å². The van der Waals surface area contributed by atoms with Crippen molar-refractivity contribution in [2.75, 3.05) is 26.2 Å². The van der Waals surface area contributed by atoms with E-state index in [2.05, 4.69) is 27.8 Å². The Morgan fingerprint density at radius 2 is 2.32 bits per heavy atom. The Bertz CT molecular complexity index is 428. The average molecular weight is 331 g/mol. The zero-order chi connectivity index (χ0) is 13.8. The Morgan fingerprint density at radius 1 is 1.53 bits per heavy atom. The number of ether oxygens (including phenoxy) is 1. The van der Waals surface area contributed by atoms with Gasteiger partial charge in [-0.2, -0.15) is 0 Å². The highest BCUT2D eigenvalue weighted by atomic mass is 79.9. The summed E-state index contributed by atoms with van der Waals surface area (Å²) in [5, 5.41) is 0. The van der Waals surface area contributed by atoms with Crippen molar-refractivity contribution >= 4 is 15.9 Å². The molecule has 2 unspecified atom stereocenters. The Morgan fingerprint density at radius 3 is 2.95 bits per heavy atom. The van der Waals surface area contributed by atoms with Crippen molar-refractivity contribution in [1.29, 1.82) is 0 Å². The van der Waals surface area contributed by atoms with Crippen molar-refractivity contribution in [1.82, 2.24) is 4.90 Å². The molecule has 1 saturated heterocycles. The molecule has 0 bridgehead atoms. The summed E-state index contributed by atoms with van der Waals surface area (Å²) in [6.07, 6.45) is 1.05. The number of morpholine rings is 1. The number of hydrogen-bond donors (Lipinski definition) is 1. The van der Waals surface area contributed by atoms with Crippen LogP contribution >= 0.6 is 15.9 Å². The summed E-state index contributed by atoms with van der Waals surface area (Å²) in [4.78, 5) is 2.38. The molecule has 2 rings (SSSR count). The highest BCUT2D eigenvalue weighted by Crippen LogP contribution is 2.31. The standard InChI is InChI=1S/C14H20BrFN2O/c1-2-5-18-6-7-19-13(9-17)14(18)10-3-4-12(16)11(15)8-10/h3-4,8,13-14H,2,5-7,9,17H2,1H3. The molecule has 0 spiro atoms. The maximum atomic E-state index is 13.4. The second kappa shape index (κ2) is 6.79. The van der Waals surface area contributed by atoms with E-state index in [0.29, 0.717) is 17.6 Å². The second-order valence-corrected chi connectivity index (χ2v) is 5.65. The summed E-state index contributed by atoms with van der Waals surface area (Å²) in [7, 11) is 0. The number of halogens is 2. The topological polar surface area (TPSA) is 38.5 Å². The molecule has 0 radical (unpaired) electrons. The smallest absolute Gasteiger partial charge is 0.137 e. The molecular formula is C14H20BrFN2O. The second-order valence-electron chi connectivity index (χ2n) is 4.80. The van der Waals surface area contributed by atoms with Gasteiger partial charge in [-0.1, -0.05) is 13.0 Å². The molecule has 2 N–H and O–H groups in total. The first-order chi connectivity index (χ1) is 9.17. The van der Waals surface area contributed by atoms with E-state index in [1.165, 1.54) is 6.07 Å². The van der Waals surface area contributed by atoms with Crippen molar-refractivity contribution in [2.24, 2.45) is 5.73 Å². The number of rotatable bonds is 4. The van der Waals surface area contributed by atoms with Crippen LogP contribution in [0.3, 0.4) is 0 Å². The Kier molecular flexibility index (Phi) is 5.33. The van der Waals surface area contributed by atoms with E-state index in [1.807, 2.05) is 12.1 Å². The maximum Gasteiger partial charge on any atom is 0.137 e. The molecule has 1 aromatic carbocycles. The van der Waals surface area contributed by atoms with Crippen LogP contribution in [0.5, 0.6) is 0 Å². The lowest BCUT2D eigenvalue weighted by molar-refractivity contribution is -0.0676. The quantitative estimate of drug-likeness (QED) is 0.922. The van der Waals surface area contributed by atoms with Crippen LogP contribution in [-0.2, 0) is 4.74 Å². The molecule has 1 aliphatic rings. The molecule has 5 heteroatoms. The molecule has 106 valence electrons. The van der Waals surface area contributed by atoms with Gasteiger partial charge in [0.25, 0.3) is 0 Å². The van der Waals surface area contributed by atoms with Gasteiger partial charge >= 0.3 is 0 Å². The van der Waals surface area contributed by atoms with Gasteiger partial charge in [-0.05, 0) is 46.6 Å². The van der Waals surface area contributed by atoms with Gasteiger partial charge in [-0.3, -0.25) is 4.90 Å². The molecule has 19 heavy (non-hydrogen) atoms. The fourth-order valence-electron chi connectivity index (χ4n) is 2.64. The van der Waals surface area contributed by atoms with E-state index < -0.39 is 0 Å². The van der Waals surface area contributed by atoms with Gasteiger partial charge in [0, 0.05) is 13.1 Å². The van der Waals surface area contributed by atoms with E-state index in [4.69, 9.17) is 10.5 Å². The summed E-state index contributed by atoms with van der Waals surface area (Å²) in [5.41, 5.74) is 6.87. The summed E-state index contributed by atoms with van der Waals surface area (Å²) in [6, 6.07) is 5.26. The van der Waals surface area contributed by atoms with Crippen LogP contribution in [0.15, 0.2) is 22.7 Å². The molecule has 1 aromatic rings. The van der Waals surface area contributed by atoms with E-state index in [0.717, 1.165) is 25.1 Å². The van der Waals surface area contributed by atoms with E-state index in [9.17, 15) is 4.39 Å². The number of nitrogens with two attached hydrogens (primary N) is 1. The van der Waals surface area contributed by atoms with E-state index in [-0.39, 0.29) is 18.0 Å². The lowest BCUT2D eigenvalue weighted by atomic mass is 9.97. The van der Waals surface area contributed by atoms with Crippen molar-refractivity contribution in [3.05, 3.63) is 34.1 Å². The van der Waals surface area contributed by atoms with Gasteiger partial charge in [-0.25, -0.2) is 4.39 Å². The third-order valence-electron chi connectivity index (χ3n) is 3.48. The molecule has 1 fully saturated rings. The third kappa shape index (κ3) is 3.34. The van der Waals surface area contributed by atoms with E-state index >= 15 is 0 Å². The highest BCUT2D eigenvalue weighted by Gasteiger charge is 2.32. The molecule has 3 nitrogen and oxygen atoms in total. The van der Waals surface area contributed by atoms with Crippen LogP contribution < -0.4 is 5.73 Å². The van der Waals surface area contributed by atoms with Gasteiger partial charge in [0.05, 0.1) is 23.2 Å². The number of benzene rings is 1. The minimum atomic E-state index is -0.244. The molecular weight excluding hydrogens is 311 g/mol. The zero-order valence-electron chi connectivity index (χ0n) is 11.1. The van der Waals surface area contributed by atoms with Crippen LogP contribution in [0.4, 0.5) is 4.39 Å².